The van der Waals surface area contributed by atoms with Gasteiger partial charge in [-0.2, -0.15) is 4.98 Å². The summed E-state index contributed by atoms with van der Waals surface area (Å²) >= 11 is 0. The van der Waals surface area contributed by atoms with Gasteiger partial charge in [-0.25, -0.2) is 4.98 Å². The number of aryl methyl sites for hydroxylation is 2. The lowest BCUT2D eigenvalue weighted by molar-refractivity contribution is 0.0996. The number of nitrogens with zero attached hydrogens (tertiary/aromatic N) is 4. The molecule has 0 unspecified atom stereocenters. The molecule has 3 aromatic rings. The van der Waals surface area contributed by atoms with Crippen LogP contribution in [0.25, 0.3) is 0 Å². The van der Waals surface area contributed by atoms with Crippen molar-refractivity contribution in [3.63, 3.8) is 0 Å². The minimum Gasteiger partial charge on any atom is -0.437 e. The van der Waals surface area contributed by atoms with Crippen LogP contribution in [0.15, 0.2) is 42.5 Å². The lowest BCUT2D eigenvalue weighted by Gasteiger charge is -2.34. The zero-order chi connectivity index (χ0) is 24.2. The molecule has 0 bridgehead atoms. The number of carbonyl (C=O) groups is 1. The number of anilines is 4. The first-order valence-corrected chi connectivity index (χ1v) is 11.4. The number of nitrogen functional groups attached to an aromatic ring is 1. The molecular formula is C25H31N7O2. The van der Waals surface area contributed by atoms with Gasteiger partial charge >= 0.3 is 0 Å². The van der Waals surface area contributed by atoms with Crippen molar-refractivity contribution in [2.45, 2.75) is 20.3 Å². The van der Waals surface area contributed by atoms with Gasteiger partial charge in [-0.1, -0.05) is 13.0 Å². The normalized spacial score (nSPS) is 14.1. The van der Waals surface area contributed by atoms with Gasteiger partial charge in [-0.3, -0.25) is 4.79 Å². The summed E-state index contributed by atoms with van der Waals surface area (Å²) in [6, 6.07) is 13.4. The molecule has 178 valence electrons. The van der Waals surface area contributed by atoms with Crippen LogP contribution in [0.4, 0.5) is 22.9 Å². The van der Waals surface area contributed by atoms with E-state index in [0.717, 1.165) is 43.1 Å². The molecule has 1 saturated heterocycles. The summed E-state index contributed by atoms with van der Waals surface area (Å²) in [5, 5.41) is 3.18. The Morgan fingerprint density at radius 2 is 1.79 bits per heavy atom. The molecule has 5 N–H and O–H groups in total. The van der Waals surface area contributed by atoms with Crippen LogP contribution in [0.2, 0.25) is 0 Å². The van der Waals surface area contributed by atoms with E-state index in [0.29, 0.717) is 29.4 Å². The first-order valence-electron chi connectivity index (χ1n) is 11.4. The van der Waals surface area contributed by atoms with Gasteiger partial charge in [0, 0.05) is 49.3 Å². The highest BCUT2D eigenvalue weighted by molar-refractivity contribution is 5.96. The largest absolute Gasteiger partial charge is 0.437 e. The number of ether oxygens (including phenoxy) is 1. The standard InChI is InChI=1S/C25H31N7O2/c1-4-21-25(34-19-10-5-16(2)20(26)15-19)30-24(22(29-21)23(27)33)28-17-6-8-18(9-7-17)32-13-11-31(3)12-14-32/h5-10,15H,4,11-14,26H2,1-3H3,(H2,27,33)(H,28,30). The third kappa shape index (κ3) is 5.20. The fourth-order valence-electron chi connectivity index (χ4n) is 3.78. The van der Waals surface area contributed by atoms with Gasteiger partial charge in [0.15, 0.2) is 11.5 Å². The number of hydrogen-bond acceptors (Lipinski definition) is 8. The summed E-state index contributed by atoms with van der Waals surface area (Å²) in [5.41, 5.74) is 15.7. The molecule has 1 aliphatic rings. The van der Waals surface area contributed by atoms with Crippen molar-refractivity contribution in [2.24, 2.45) is 5.73 Å². The maximum atomic E-state index is 12.1. The molecule has 34 heavy (non-hydrogen) atoms. The van der Waals surface area contributed by atoms with Crippen LogP contribution in [-0.2, 0) is 6.42 Å². The monoisotopic (exact) mass is 461 g/mol. The third-order valence-electron chi connectivity index (χ3n) is 5.96. The number of aromatic nitrogens is 2. The number of carbonyl (C=O) groups excluding carboxylic acids is 1. The predicted octanol–water partition coefficient (Wildman–Crippen LogP) is 3.32. The smallest absolute Gasteiger partial charge is 0.271 e. The summed E-state index contributed by atoms with van der Waals surface area (Å²) in [6.45, 7) is 7.89. The Balaban J connectivity index is 1.60. The third-order valence-corrected chi connectivity index (χ3v) is 5.96. The molecule has 4 rings (SSSR count). The molecule has 0 radical (unpaired) electrons. The number of likely N-dealkylation sites (N-methyl/N-ethyl adjacent to an activating group) is 1. The van der Waals surface area contributed by atoms with Gasteiger partial charge in [0.1, 0.15) is 11.4 Å². The molecule has 0 spiro atoms. The van der Waals surface area contributed by atoms with E-state index in [1.807, 2.05) is 38.1 Å². The SMILES string of the molecule is CCc1nc(C(N)=O)c(Nc2ccc(N3CCN(C)CC3)cc2)nc1Oc1ccc(C)c(N)c1. The Morgan fingerprint density at radius 1 is 1.09 bits per heavy atom. The average molecular weight is 462 g/mol. The van der Waals surface area contributed by atoms with Crippen molar-refractivity contribution in [2.75, 3.05) is 49.2 Å². The van der Waals surface area contributed by atoms with Crippen molar-refractivity contribution >= 4 is 28.8 Å². The summed E-state index contributed by atoms with van der Waals surface area (Å²) in [5.74, 6) is 0.422. The number of amides is 1. The van der Waals surface area contributed by atoms with Crippen LogP contribution in [0, 0.1) is 6.92 Å². The quantitative estimate of drug-likeness (QED) is 0.458. The number of nitrogens with two attached hydrogens (primary N) is 2. The molecule has 1 amide bonds. The van der Waals surface area contributed by atoms with Crippen molar-refractivity contribution in [1.82, 2.24) is 14.9 Å². The zero-order valence-electron chi connectivity index (χ0n) is 19.8. The number of piperazine rings is 1. The van der Waals surface area contributed by atoms with E-state index in [1.165, 1.54) is 0 Å². The number of hydrogen-bond donors (Lipinski definition) is 3. The van der Waals surface area contributed by atoms with E-state index >= 15 is 0 Å². The van der Waals surface area contributed by atoms with Crippen LogP contribution in [0.3, 0.4) is 0 Å². The maximum Gasteiger partial charge on any atom is 0.271 e. The average Bonchev–Trinajstić information content (AvgIpc) is 2.82. The highest BCUT2D eigenvalue weighted by Crippen LogP contribution is 2.30. The summed E-state index contributed by atoms with van der Waals surface area (Å²) < 4.78 is 6.00. The highest BCUT2D eigenvalue weighted by Gasteiger charge is 2.19. The van der Waals surface area contributed by atoms with Gasteiger partial charge in [0.25, 0.3) is 5.91 Å². The van der Waals surface area contributed by atoms with E-state index < -0.39 is 5.91 Å². The molecule has 9 nitrogen and oxygen atoms in total. The molecule has 0 atom stereocenters. The Bertz CT molecular complexity index is 1170. The fraction of sp³-hybridized carbons (Fsp3) is 0.320. The Labute approximate surface area is 199 Å². The predicted molar refractivity (Wildman–Crippen MR) is 135 cm³/mol. The minimum absolute atomic E-state index is 0.0655. The molecule has 9 heteroatoms. The maximum absolute atomic E-state index is 12.1. The van der Waals surface area contributed by atoms with E-state index in [2.05, 4.69) is 44.3 Å². The first-order chi connectivity index (χ1) is 16.3. The topological polar surface area (TPSA) is 123 Å². The molecule has 1 aliphatic heterocycles. The van der Waals surface area contributed by atoms with Gasteiger partial charge < -0.3 is 31.3 Å². The highest BCUT2D eigenvalue weighted by atomic mass is 16.5. The Kier molecular flexibility index (Phi) is 6.83. The summed E-state index contributed by atoms with van der Waals surface area (Å²) in [4.78, 5) is 25.8. The van der Waals surface area contributed by atoms with Crippen LogP contribution in [-0.4, -0.2) is 54.0 Å². The number of nitrogens with one attached hydrogen (secondary N) is 1. The second-order valence-electron chi connectivity index (χ2n) is 8.47. The summed E-state index contributed by atoms with van der Waals surface area (Å²) in [7, 11) is 2.14. The van der Waals surface area contributed by atoms with Gasteiger partial charge in [-0.15, -0.1) is 0 Å². The van der Waals surface area contributed by atoms with Crippen molar-refractivity contribution < 1.29 is 9.53 Å². The van der Waals surface area contributed by atoms with Gasteiger partial charge in [-0.05, 0) is 56.3 Å². The molecule has 1 fully saturated rings. The molecule has 2 aromatic carbocycles. The summed E-state index contributed by atoms with van der Waals surface area (Å²) in [6.07, 6.45) is 0.518. The van der Waals surface area contributed by atoms with Crippen LogP contribution in [0.5, 0.6) is 11.6 Å². The van der Waals surface area contributed by atoms with E-state index in [1.54, 1.807) is 6.07 Å². The molecular weight excluding hydrogens is 430 g/mol. The molecule has 1 aromatic heterocycles. The number of primary amides is 1. The van der Waals surface area contributed by atoms with Crippen molar-refractivity contribution in [3.05, 3.63) is 59.4 Å². The second-order valence-corrected chi connectivity index (χ2v) is 8.47. The fourth-order valence-corrected chi connectivity index (χ4v) is 3.78. The Morgan fingerprint density at radius 3 is 2.41 bits per heavy atom. The second kappa shape index (κ2) is 9.96. The number of benzene rings is 2. The molecule has 0 saturated carbocycles. The molecule has 0 aliphatic carbocycles. The van der Waals surface area contributed by atoms with Crippen molar-refractivity contribution in [3.8, 4) is 11.6 Å². The van der Waals surface area contributed by atoms with Crippen LogP contribution in [0.1, 0.15) is 28.7 Å². The number of rotatable bonds is 7. The first kappa shape index (κ1) is 23.3. The zero-order valence-corrected chi connectivity index (χ0v) is 19.8. The lowest BCUT2D eigenvalue weighted by Crippen LogP contribution is -2.44. The van der Waals surface area contributed by atoms with Crippen LogP contribution >= 0.6 is 0 Å². The minimum atomic E-state index is -0.662. The van der Waals surface area contributed by atoms with E-state index in [4.69, 9.17) is 16.2 Å². The van der Waals surface area contributed by atoms with Crippen LogP contribution < -0.4 is 26.4 Å². The van der Waals surface area contributed by atoms with Crippen molar-refractivity contribution in [1.29, 1.82) is 0 Å². The van der Waals surface area contributed by atoms with Gasteiger partial charge in [0.05, 0.1) is 0 Å². The van der Waals surface area contributed by atoms with Gasteiger partial charge in [0.2, 0.25) is 5.88 Å². The Hall–Kier alpha value is -3.85. The van der Waals surface area contributed by atoms with E-state index in [9.17, 15) is 4.79 Å². The van der Waals surface area contributed by atoms with E-state index in [-0.39, 0.29) is 11.5 Å². The molecule has 2 heterocycles. The lowest BCUT2D eigenvalue weighted by atomic mass is 10.2.